The Morgan fingerprint density at radius 1 is 1.10 bits per heavy atom. The standard InChI is InChI=1S/C18H17ClO2/c1-2-14(20)16-17(19)13-10-6-7-11-15(13)21-18(16)12-8-4-3-5-9-12/h3-11,14,18,20H,2H2,1H3/t14-,18+/m1/s1. The van der Waals surface area contributed by atoms with Crippen molar-refractivity contribution >= 4 is 16.6 Å². The Labute approximate surface area is 129 Å². The van der Waals surface area contributed by atoms with Gasteiger partial charge in [-0.25, -0.2) is 0 Å². The molecule has 0 aromatic heterocycles. The van der Waals surface area contributed by atoms with Crippen LogP contribution in [-0.4, -0.2) is 11.2 Å². The number of rotatable bonds is 3. The van der Waals surface area contributed by atoms with Crippen molar-refractivity contribution in [2.75, 3.05) is 0 Å². The SMILES string of the molecule is CC[C@@H](O)C1=C(Cl)c2ccccc2O[C@H]1c1ccccc1. The molecule has 3 rings (SSSR count). The second-order valence-electron chi connectivity index (χ2n) is 5.10. The molecule has 1 aliphatic rings. The van der Waals surface area contributed by atoms with E-state index in [1.807, 2.05) is 61.5 Å². The molecule has 0 spiro atoms. The summed E-state index contributed by atoms with van der Waals surface area (Å²) in [5, 5.41) is 11.0. The van der Waals surface area contributed by atoms with Crippen LogP contribution in [0.25, 0.3) is 5.03 Å². The number of hydrogen-bond donors (Lipinski definition) is 1. The van der Waals surface area contributed by atoms with Gasteiger partial charge in [-0.05, 0) is 24.1 Å². The number of hydrogen-bond acceptors (Lipinski definition) is 2. The Balaban J connectivity index is 2.15. The third-order valence-corrected chi connectivity index (χ3v) is 4.17. The Kier molecular flexibility index (Phi) is 4.00. The molecule has 1 heterocycles. The molecule has 3 heteroatoms. The zero-order valence-electron chi connectivity index (χ0n) is 11.8. The summed E-state index contributed by atoms with van der Waals surface area (Å²) in [6, 6.07) is 17.5. The van der Waals surface area contributed by atoms with Crippen molar-refractivity contribution in [3.63, 3.8) is 0 Å². The topological polar surface area (TPSA) is 29.5 Å². The zero-order chi connectivity index (χ0) is 14.8. The van der Waals surface area contributed by atoms with Crippen LogP contribution in [0.3, 0.4) is 0 Å². The highest BCUT2D eigenvalue weighted by molar-refractivity contribution is 6.49. The largest absolute Gasteiger partial charge is 0.480 e. The molecule has 2 aromatic carbocycles. The van der Waals surface area contributed by atoms with Gasteiger partial charge in [-0.3, -0.25) is 0 Å². The first-order valence-electron chi connectivity index (χ1n) is 7.11. The molecule has 2 atom stereocenters. The molecule has 21 heavy (non-hydrogen) atoms. The minimum absolute atomic E-state index is 0.344. The summed E-state index contributed by atoms with van der Waals surface area (Å²) < 4.78 is 6.12. The Morgan fingerprint density at radius 3 is 2.48 bits per heavy atom. The van der Waals surface area contributed by atoms with E-state index < -0.39 is 6.10 Å². The van der Waals surface area contributed by atoms with Crippen molar-refractivity contribution in [1.29, 1.82) is 0 Å². The smallest absolute Gasteiger partial charge is 0.149 e. The number of benzene rings is 2. The van der Waals surface area contributed by atoms with Gasteiger partial charge in [0.1, 0.15) is 11.9 Å². The van der Waals surface area contributed by atoms with E-state index in [1.165, 1.54) is 0 Å². The third-order valence-electron chi connectivity index (χ3n) is 3.75. The summed E-state index contributed by atoms with van der Waals surface area (Å²) in [4.78, 5) is 0. The lowest BCUT2D eigenvalue weighted by Crippen LogP contribution is -2.24. The van der Waals surface area contributed by atoms with Crippen LogP contribution in [0.15, 0.2) is 60.2 Å². The molecule has 0 aliphatic carbocycles. The molecule has 0 saturated heterocycles. The maximum atomic E-state index is 10.4. The fourth-order valence-corrected chi connectivity index (χ4v) is 3.01. The maximum absolute atomic E-state index is 10.4. The van der Waals surface area contributed by atoms with Gasteiger partial charge in [-0.15, -0.1) is 0 Å². The predicted octanol–water partition coefficient (Wildman–Crippen LogP) is 4.54. The number of para-hydroxylation sites is 1. The molecule has 2 aromatic rings. The zero-order valence-corrected chi connectivity index (χ0v) is 12.5. The molecule has 0 fully saturated rings. The number of aliphatic hydroxyl groups excluding tert-OH is 1. The average Bonchev–Trinajstić information content (AvgIpc) is 2.55. The van der Waals surface area contributed by atoms with Gasteiger partial charge >= 0.3 is 0 Å². The highest BCUT2D eigenvalue weighted by Gasteiger charge is 2.32. The third kappa shape index (κ3) is 2.57. The molecule has 0 unspecified atom stereocenters. The van der Waals surface area contributed by atoms with Gasteiger partial charge in [0.2, 0.25) is 0 Å². The van der Waals surface area contributed by atoms with Crippen molar-refractivity contribution < 1.29 is 9.84 Å². The Hall–Kier alpha value is -1.77. The minimum Gasteiger partial charge on any atom is -0.480 e. The van der Waals surface area contributed by atoms with Gasteiger partial charge in [0.25, 0.3) is 0 Å². The first-order chi connectivity index (χ1) is 10.2. The summed E-state index contributed by atoms with van der Waals surface area (Å²) in [5.74, 6) is 0.753. The highest BCUT2D eigenvalue weighted by atomic mass is 35.5. The first-order valence-corrected chi connectivity index (χ1v) is 7.48. The van der Waals surface area contributed by atoms with Crippen LogP contribution in [0.5, 0.6) is 5.75 Å². The van der Waals surface area contributed by atoms with Gasteiger partial charge < -0.3 is 9.84 Å². The van der Waals surface area contributed by atoms with E-state index >= 15 is 0 Å². The first kappa shape index (κ1) is 14.2. The Bertz CT molecular complexity index is 664. The average molecular weight is 301 g/mol. The van der Waals surface area contributed by atoms with E-state index in [2.05, 4.69) is 0 Å². The molecule has 0 radical (unpaired) electrons. The summed E-state index contributed by atoms with van der Waals surface area (Å²) in [6.07, 6.45) is -0.361. The van der Waals surface area contributed by atoms with Crippen molar-refractivity contribution in [2.24, 2.45) is 0 Å². The number of fused-ring (bicyclic) bond motifs is 1. The fourth-order valence-electron chi connectivity index (χ4n) is 2.63. The summed E-state index contributed by atoms with van der Waals surface area (Å²) in [7, 11) is 0. The lowest BCUT2D eigenvalue weighted by Gasteiger charge is -2.31. The maximum Gasteiger partial charge on any atom is 0.149 e. The van der Waals surface area contributed by atoms with E-state index in [0.717, 1.165) is 22.4 Å². The van der Waals surface area contributed by atoms with Crippen LogP contribution in [0.2, 0.25) is 0 Å². The van der Waals surface area contributed by atoms with Crippen LogP contribution in [0, 0.1) is 0 Å². The summed E-state index contributed by atoms with van der Waals surface area (Å²) >= 11 is 6.57. The van der Waals surface area contributed by atoms with Crippen molar-refractivity contribution in [1.82, 2.24) is 0 Å². The number of halogens is 1. The van der Waals surface area contributed by atoms with Crippen molar-refractivity contribution in [3.05, 3.63) is 71.3 Å². The lowest BCUT2D eigenvalue weighted by atomic mass is 9.91. The van der Waals surface area contributed by atoms with Gasteiger partial charge in [0.15, 0.2) is 0 Å². The van der Waals surface area contributed by atoms with E-state index in [1.54, 1.807) is 0 Å². The van der Waals surface area contributed by atoms with E-state index in [-0.39, 0.29) is 6.10 Å². The van der Waals surface area contributed by atoms with Gasteiger partial charge in [0.05, 0.1) is 11.1 Å². The molecule has 108 valence electrons. The summed E-state index contributed by atoms with van der Waals surface area (Å²) in [5.41, 5.74) is 2.57. The normalized spacial score (nSPS) is 18.9. The monoisotopic (exact) mass is 300 g/mol. The van der Waals surface area contributed by atoms with E-state index in [4.69, 9.17) is 16.3 Å². The van der Waals surface area contributed by atoms with Crippen LogP contribution in [-0.2, 0) is 0 Å². The van der Waals surface area contributed by atoms with Crippen molar-refractivity contribution in [2.45, 2.75) is 25.6 Å². The fraction of sp³-hybridized carbons (Fsp3) is 0.222. The quantitative estimate of drug-likeness (QED) is 0.901. The van der Waals surface area contributed by atoms with Crippen LogP contribution < -0.4 is 4.74 Å². The van der Waals surface area contributed by atoms with E-state index in [0.29, 0.717) is 11.5 Å². The second kappa shape index (κ2) is 5.92. The molecular weight excluding hydrogens is 284 g/mol. The van der Waals surface area contributed by atoms with Crippen LogP contribution in [0.1, 0.15) is 30.6 Å². The minimum atomic E-state index is -0.615. The molecule has 0 amide bonds. The molecule has 2 nitrogen and oxygen atoms in total. The predicted molar refractivity (Wildman–Crippen MR) is 85.3 cm³/mol. The molecule has 1 aliphatic heterocycles. The summed E-state index contributed by atoms with van der Waals surface area (Å²) in [6.45, 7) is 1.93. The molecular formula is C18H17ClO2. The van der Waals surface area contributed by atoms with Crippen LogP contribution in [0.4, 0.5) is 0 Å². The highest BCUT2D eigenvalue weighted by Crippen LogP contribution is 2.45. The molecule has 0 bridgehead atoms. The second-order valence-corrected chi connectivity index (χ2v) is 5.48. The Morgan fingerprint density at radius 2 is 1.76 bits per heavy atom. The lowest BCUT2D eigenvalue weighted by molar-refractivity contribution is 0.152. The van der Waals surface area contributed by atoms with Gasteiger partial charge in [0, 0.05) is 11.1 Å². The van der Waals surface area contributed by atoms with Gasteiger partial charge in [-0.1, -0.05) is 61.0 Å². The van der Waals surface area contributed by atoms with E-state index in [9.17, 15) is 5.11 Å². The molecule has 1 N–H and O–H groups in total. The number of aliphatic hydroxyl groups is 1. The van der Waals surface area contributed by atoms with Gasteiger partial charge in [-0.2, -0.15) is 0 Å². The van der Waals surface area contributed by atoms with Crippen LogP contribution >= 0.6 is 11.6 Å². The molecule has 0 saturated carbocycles. The van der Waals surface area contributed by atoms with Crippen molar-refractivity contribution in [3.8, 4) is 5.75 Å². The number of ether oxygens (including phenoxy) is 1.